The largest absolute Gasteiger partial charge is 0.481 e. The molecule has 34 heavy (non-hydrogen) atoms. The van der Waals surface area contributed by atoms with E-state index in [4.69, 9.17) is 10.8 Å². The monoisotopic (exact) mass is 480 g/mol. The fourth-order valence-electron chi connectivity index (χ4n) is 3.07. The van der Waals surface area contributed by atoms with Crippen LogP contribution in [-0.2, 0) is 30.4 Å². The number of rotatable bonds is 14. The molecule has 0 bridgehead atoms. The van der Waals surface area contributed by atoms with Gasteiger partial charge in [-0.15, -0.1) is 0 Å². The number of nitrogens with two attached hydrogens (primary N) is 1. The Morgan fingerprint density at radius 2 is 1.38 bits per heavy atom. The first kappa shape index (κ1) is 28.5. The third-order valence-electron chi connectivity index (χ3n) is 4.79. The molecule has 12 nitrogen and oxygen atoms in total. The molecule has 0 fully saturated rings. The van der Waals surface area contributed by atoms with Crippen LogP contribution in [0.1, 0.15) is 32.3 Å². The molecule has 0 heterocycles. The lowest BCUT2D eigenvalue weighted by atomic mass is 10.0. The summed E-state index contributed by atoms with van der Waals surface area (Å²) in [5.74, 6) is -5.42. The van der Waals surface area contributed by atoms with E-state index in [9.17, 15) is 34.2 Å². The van der Waals surface area contributed by atoms with Crippen molar-refractivity contribution in [2.75, 3.05) is 6.61 Å². The maximum absolute atomic E-state index is 12.6. The number of nitrogens with one attached hydrogen (secondary N) is 3. The summed E-state index contributed by atoms with van der Waals surface area (Å²) in [6.07, 6.45) is -0.538. The van der Waals surface area contributed by atoms with Gasteiger partial charge in [-0.2, -0.15) is 0 Å². The maximum Gasteiger partial charge on any atom is 0.326 e. The molecule has 12 heteroatoms. The number of carboxylic acids is 2. The van der Waals surface area contributed by atoms with Gasteiger partial charge in [-0.3, -0.25) is 19.2 Å². The van der Waals surface area contributed by atoms with E-state index in [0.29, 0.717) is 12.0 Å². The van der Waals surface area contributed by atoms with Gasteiger partial charge in [-0.1, -0.05) is 44.2 Å². The number of aliphatic hydroxyl groups is 1. The van der Waals surface area contributed by atoms with E-state index in [0.717, 1.165) is 0 Å². The summed E-state index contributed by atoms with van der Waals surface area (Å²) >= 11 is 0. The first-order valence-corrected chi connectivity index (χ1v) is 10.7. The van der Waals surface area contributed by atoms with E-state index in [1.807, 2.05) is 13.8 Å². The van der Waals surface area contributed by atoms with E-state index in [1.165, 1.54) is 0 Å². The number of hydrogen-bond donors (Lipinski definition) is 7. The van der Waals surface area contributed by atoms with E-state index in [-0.39, 0.29) is 12.3 Å². The highest BCUT2D eigenvalue weighted by Gasteiger charge is 2.31. The molecule has 0 spiro atoms. The number of carbonyl (C=O) groups excluding carboxylic acids is 3. The first-order chi connectivity index (χ1) is 15.9. The summed E-state index contributed by atoms with van der Waals surface area (Å²) in [6, 6.07) is 3.05. The van der Waals surface area contributed by atoms with Gasteiger partial charge in [0.2, 0.25) is 17.7 Å². The number of carboxylic acid groups (broad SMARTS) is 2. The highest BCUT2D eigenvalue weighted by atomic mass is 16.4. The molecule has 0 aliphatic rings. The minimum atomic E-state index is -1.58. The topological polar surface area (TPSA) is 208 Å². The molecule has 1 aromatic rings. The van der Waals surface area contributed by atoms with Crippen LogP contribution in [0.2, 0.25) is 0 Å². The zero-order valence-corrected chi connectivity index (χ0v) is 19.1. The van der Waals surface area contributed by atoms with Crippen LogP contribution in [0.4, 0.5) is 0 Å². The van der Waals surface area contributed by atoms with Crippen LogP contribution in [0.3, 0.4) is 0 Å². The minimum Gasteiger partial charge on any atom is -0.481 e. The fraction of sp³-hybridized carbons (Fsp3) is 0.500. The van der Waals surface area contributed by atoms with Crippen molar-refractivity contribution in [3.8, 4) is 0 Å². The average molecular weight is 481 g/mol. The Bertz CT molecular complexity index is 862. The SMILES string of the molecule is CC(C)CC(N)C(=O)NC(CC(=O)O)C(=O)NC(CO)C(=O)NC(Cc1ccccc1)C(=O)O. The molecule has 0 radical (unpaired) electrons. The fourth-order valence-corrected chi connectivity index (χ4v) is 3.07. The van der Waals surface area contributed by atoms with E-state index >= 15 is 0 Å². The van der Waals surface area contributed by atoms with Crippen molar-refractivity contribution in [1.29, 1.82) is 0 Å². The third-order valence-corrected chi connectivity index (χ3v) is 4.79. The molecule has 4 atom stereocenters. The van der Waals surface area contributed by atoms with Crippen molar-refractivity contribution < 1.29 is 39.3 Å². The molecule has 4 unspecified atom stereocenters. The molecule has 0 aliphatic heterocycles. The molecule has 0 aliphatic carbocycles. The van der Waals surface area contributed by atoms with Crippen molar-refractivity contribution in [3.63, 3.8) is 0 Å². The van der Waals surface area contributed by atoms with Crippen molar-refractivity contribution in [2.45, 2.75) is 57.3 Å². The summed E-state index contributed by atoms with van der Waals surface area (Å²) < 4.78 is 0. The van der Waals surface area contributed by atoms with Crippen molar-refractivity contribution >= 4 is 29.7 Å². The molecular weight excluding hydrogens is 448 g/mol. The number of aliphatic hydroxyl groups excluding tert-OH is 1. The van der Waals surface area contributed by atoms with Gasteiger partial charge in [-0.05, 0) is 17.9 Å². The predicted octanol–water partition coefficient (Wildman–Crippen LogP) is -1.39. The van der Waals surface area contributed by atoms with Gasteiger partial charge in [0.25, 0.3) is 0 Å². The second-order valence-electron chi connectivity index (χ2n) is 8.23. The van der Waals surface area contributed by atoms with Gasteiger partial charge in [-0.25, -0.2) is 4.79 Å². The number of aliphatic carboxylic acids is 2. The van der Waals surface area contributed by atoms with E-state index in [1.54, 1.807) is 30.3 Å². The van der Waals surface area contributed by atoms with Gasteiger partial charge < -0.3 is 37.0 Å². The zero-order valence-electron chi connectivity index (χ0n) is 19.1. The Morgan fingerprint density at radius 1 is 0.853 bits per heavy atom. The summed E-state index contributed by atoms with van der Waals surface area (Å²) in [7, 11) is 0. The molecule has 188 valence electrons. The second-order valence-corrected chi connectivity index (χ2v) is 8.23. The maximum atomic E-state index is 12.6. The van der Waals surface area contributed by atoms with Gasteiger partial charge in [0, 0.05) is 6.42 Å². The third kappa shape index (κ3) is 9.96. The number of benzene rings is 1. The predicted molar refractivity (Wildman–Crippen MR) is 120 cm³/mol. The highest BCUT2D eigenvalue weighted by Crippen LogP contribution is 2.06. The van der Waals surface area contributed by atoms with Crippen molar-refractivity contribution in [2.24, 2.45) is 11.7 Å². The van der Waals surface area contributed by atoms with Crippen LogP contribution in [0, 0.1) is 5.92 Å². The second kappa shape index (κ2) is 13.9. The van der Waals surface area contributed by atoms with Gasteiger partial charge >= 0.3 is 11.9 Å². The smallest absolute Gasteiger partial charge is 0.326 e. The Morgan fingerprint density at radius 3 is 1.88 bits per heavy atom. The Hall–Kier alpha value is -3.51. The number of hydrogen-bond acceptors (Lipinski definition) is 7. The summed E-state index contributed by atoms with van der Waals surface area (Å²) in [5, 5.41) is 34.7. The molecule has 1 aromatic carbocycles. The normalized spacial score (nSPS) is 14.4. The summed E-state index contributed by atoms with van der Waals surface area (Å²) in [6.45, 7) is 2.78. The quantitative estimate of drug-likeness (QED) is 0.167. The first-order valence-electron chi connectivity index (χ1n) is 10.7. The van der Waals surface area contributed by atoms with Crippen molar-refractivity contribution in [3.05, 3.63) is 35.9 Å². The summed E-state index contributed by atoms with van der Waals surface area (Å²) in [4.78, 5) is 60.1. The van der Waals surface area contributed by atoms with E-state index < -0.39 is 66.9 Å². The number of amides is 3. The molecule has 3 amide bonds. The Labute approximate surface area is 196 Å². The molecule has 8 N–H and O–H groups in total. The van der Waals surface area contributed by atoms with Crippen LogP contribution >= 0.6 is 0 Å². The van der Waals surface area contributed by atoms with Gasteiger partial charge in [0.15, 0.2) is 0 Å². The van der Waals surface area contributed by atoms with Gasteiger partial charge in [0.05, 0.1) is 19.1 Å². The molecule has 0 saturated heterocycles. The Kier molecular flexibility index (Phi) is 11.7. The number of carbonyl (C=O) groups is 5. The van der Waals surface area contributed by atoms with Gasteiger partial charge in [0.1, 0.15) is 18.1 Å². The zero-order chi connectivity index (χ0) is 25.8. The lowest BCUT2D eigenvalue weighted by Gasteiger charge is -2.24. The van der Waals surface area contributed by atoms with Crippen LogP contribution in [0.15, 0.2) is 30.3 Å². The molecule has 0 aromatic heterocycles. The summed E-state index contributed by atoms with van der Waals surface area (Å²) in [5.41, 5.74) is 6.41. The highest BCUT2D eigenvalue weighted by molar-refractivity contribution is 5.95. The standard InChI is InChI=1S/C22H32N4O8/c1-12(2)8-14(23)19(30)24-15(10-18(28)29)20(31)26-17(11-27)21(32)25-16(22(33)34)9-13-6-4-3-5-7-13/h3-7,12,14-17,27H,8-11,23H2,1-2H3,(H,24,30)(H,25,32)(H,26,31)(H,28,29)(H,33,34). The molecule has 1 rings (SSSR count). The van der Waals surface area contributed by atoms with E-state index in [2.05, 4.69) is 16.0 Å². The lowest BCUT2D eigenvalue weighted by molar-refractivity contribution is -0.143. The average Bonchev–Trinajstić information content (AvgIpc) is 2.75. The minimum absolute atomic E-state index is 0.0422. The lowest BCUT2D eigenvalue weighted by Crippen LogP contribution is -2.58. The van der Waals surface area contributed by atoms with Crippen LogP contribution in [0.25, 0.3) is 0 Å². The van der Waals surface area contributed by atoms with Crippen LogP contribution in [-0.4, -0.2) is 75.8 Å². The molecular formula is C22H32N4O8. The molecule has 0 saturated carbocycles. The Balaban J connectivity index is 2.87. The van der Waals surface area contributed by atoms with Crippen LogP contribution in [0.5, 0.6) is 0 Å². The van der Waals surface area contributed by atoms with Crippen LogP contribution < -0.4 is 21.7 Å². The van der Waals surface area contributed by atoms with Crippen molar-refractivity contribution in [1.82, 2.24) is 16.0 Å².